The number of pyridine rings is 1. The molecule has 0 spiro atoms. The van der Waals surface area contributed by atoms with Gasteiger partial charge in [-0.1, -0.05) is 12.1 Å². The maximum absolute atomic E-state index is 12.7. The Balaban J connectivity index is 1.75. The number of carbonyl (C=O) groups excluding carboxylic acids is 2. The molecule has 29 heavy (non-hydrogen) atoms. The third-order valence-corrected chi connectivity index (χ3v) is 4.04. The third-order valence-electron chi connectivity index (χ3n) is 4.04. The first-order valence-electron chi connectivity index (χ1n) is 9.05. The minimum Gasteiger partial charge on any atom is -0.497 e. The molecule has 0 bridgehead atoms. The van der Waals surface area contributed by atoms with E-state index in [-0.39, 0.29) is 17.9 Å². The normalized spacial score (nSPS) is 10.1. The van der Waals surface area contributed by atoms with Crippen LogP contribution in [0.2, 0.25) is 0 Å². The Hall–Kier alpha value is -3.87. The first-order valence-corrected chi connectivity index (χ1v) is 9.05. The molecule has 0 unspecified atom stereocenters. The number of aromatic nitrogens is 1. The van der Waals surface area contributed by atoms with Crippen molar-refractivity contribution in [3.05, 3.63) is 78.1 Å². The van der Waals surface area contributed by atoms with Crippen molar-refractivity contribution in [2.24, 2.45) is 0 Å². The molecule has 3 aromatic rings. The van der Waals surface area contributed by atoms with Crippen LogP contribution in [0.3, 0.4) is 0 Å². The molecule has 2 aromatic carbocycles. The van der Waals surface area contributed by atoms with Crippen molar-refractivity contribution >= 4 is 28.9 Å². The maximum Gasteiger partial charge on any atom is 0.340 e. The van der Waals surface area contributed by atoms with Crippen molar-refractivity contribution < 1.29 is 19.1 Å². The predicted octanol–water partition coefficient (Wildman–Crippen LogP) is 4.26. The zero-order valence-electron chi connectivity index (χ0n) is 16.1. The standard InChI is InChI=1S/C22H21N3O4/c1-3-29-22(27)18-6-4-5-7-19(18)25-21(26)20-14-16(12-13-23-20)24-15-8-10-17(28-2)11-9-15/h4-14H,3H2,1-2H3,(H,23,24)(H,25,26). The van der Waals surface area contributed by atoms with Crippen molar-refractivity contribution in [2.75, 3.05) is 24.4 Å². The largest absolute Gasteiger partial charge is 0.497 e. The topological polar surface area (TPSA) is 89.5 Å². The number of carbonyl (C=O) groups is 2. The molecule has 0 fully saturated rings. The van der Waals surface area contributed by atoms with Gasteiger partial charge in [-0.15, -0.1) is 0 Å². The molecular weight excluding hydrogens is 370 g/mol. The summed E-state index contributed by atoms with van der Waals surface area (Å²) in [6.07, 6.45) is 1.54. The molecule has 1 heterocycles. The van der Waals surface area contributed by atoms with Gasteiger partial charge >= 0.3 is 5.97 Å². The highest BCUT2D eigenvalue weighted by Crippen LogP contribution is 2.21. The van der Waals surface area contributed by atoms with E-state index in [1.165, 1.54) is 6.20 Å². The molecule has 2 N–H and O–H groups in total. The molecule has 0 saturated heterocycles. The van der Waals surface area contributed by atoms with E-state index in [2.05, 4.69) is 15.6 Å². The van der Waals surface area contributed by atoms with Gasteiger partial charge in [0.15, 0.2) is 0 Å². The fraction of sp³-hybridized carbons (Fsp3) is 0.136. The molecule has 0 aliphatic heterocycles. The number of ether oxygens (including phenoxy) is 2. The van der Waals surface area contributed by atoms with Gasteiger partial charge in [0.25, 0.3) is 5.91 Å². The van der Waals surface area contributed by atoms with Crippen LogP contribution in [0.15, 0.2) is 66.9 Å². The Kier molecular flexibility index (Phi) is 6.42. The second-order valence-electron chi connectivity index (χ2n) is 6.00. The highest BCUT2D eigenvalue weighted by molar-refractivity contribution is 6.07. The average Bonchev–Trinajstić information content (AvgIpc) is 2.75. The van der Waals surface area contributed by atoms with E-state index in [1.54, 1.807) is 50.4 Å². The summed E-state index contributed by atoms with van der Waals surface area (Å²) < 4.78 is 10.2. The summed E-state index contributed by atoms with van der Waals surface area (Å²) in [4.78, 5) is 28.9. The van der Waals surface area contributed by atoms with Gasteiger partial charge in [0.05, 0.1) is 25.0 Å². The first-order chi connectivity index (χ1) is 14.1. The number of rotatable bonds is 7. The van der Waals surface area contributed by atoms with E-state index in [1.807, 2.05) is 24.3 Å². The molecule has 0 atom stereocenters. The van der Waals surface area contributed by atoms with Crippen LogP contribution in [0.5, 0.6) is 5.75 Å². The van der Waals surface area contributed by atoms with Crippen LogP contribution in [0, 0.1) is 0 Å². The van der Waals surface area contributed by atoms with Crippen LogP contribution in [-0.2, 0) is 4.74 Å². The molecule has 7 nitrogen and oxygen atoms in total. The summed E-state index contributed by atoms with van der Waals surface area (Å²) in [5, 5.41) is 5.94. The summed E-state index contributed by atoms with van der Waals surface area (Å²) in [7, 11) is 1.61. The predicted molar refractivity (Wildman–Crippen MR) is 111 cm³/mol. The number of benzene rings is 2. The summed E-state index contributed by atoms with van der Waals surface area (Å²) in [6.45, 7) is 1.98. The van der Waals surface area contributed by atoms with Crippen molar-refractivity contribution in [3.8, 4) is 5.75 Å². The number of amides is 1. The monoisotopic (exact) mass is 391 g/mol. The molecule has 1 aromatic heterocycles. The second kappa shape index (κ2) is 9.36. The van der Waals surface area contributed by atoms with Gasteiger partial charge in [0, 0.05) is 17.6 Å². The number of hydrogen-bond acceptors (Lipinski definition) is 6. The molecule has 0 radical (unpaired) electrons. The van der Waals surface area contributed by atoms with Gasteiger partial charge in [0.1, 0.15) is 11.4 Å². The van der Waals surface area contributed by atoms with Gasteiger partial charge in [0.2, 0.25) is 0 Å². The van der Waals surface area contributed by atoms with E-state index >= 15 is 0 Å². The smallest absolute Gasteiger partial charge is 0.340 e. The lowest BCUT2D eigenvalue weighted by Gasteiger charge is -2.11. The highest BCUT2D eigenvalue weighted by Gasteiger charge is 2.15. The molecule has 0 aliphatic rings. The van der Waals surface area contributed by atoms with Crippen LogP contribution in [-0.4, -0.2) is 30.6 Å². The fourth-order valence-electron chi connectivity index (χ4n) is 2.64. The third kappa shape index (κ3) is 5.10. The van der Waals surface area contributed by atoms with Gasteiger partial charge in [-0.05, 0) is 55.5 Å². The number of nitrogens with one attached hydrogen (secondary N) is 2. The molecular formula is C22H21N3O4. The lowest BCUT2D eigenvalue weighted by atomic mass is 10.1. The van der Waals surface area contributed by atoms with Crippen molar-refractivity contribution in [1.29, 1.82) is 0 Å². The average molecular weight is 391 g/mol. The van der Waals surface area contributed by atoms with E-state index in [4.69, 9.17) is 9.47 Å². The van der Waals surface area contributed by atoms with Crippen molar-refractivity contribution in [1.82, 2.24) is 4.98 Å². The van der Waals surface area contributed by atoms with Gasteiger partial charge < -0.3 is 20.1 Å². The van der Waals surface area contributed by atoms with Crippen LogP contribution >= 0.6 is 0 Å². The Bertz CT molecular complexity index is 1000. The number of nitrogens with zero attached hydrogens (tertiary/aromatic N) is 1. The van der Waals surface area contributed by atoms with Crippen LogP contribution in [0.4, 0.5) is 17.1 Å². The zero-order valence-corrected chi connectivity index (χ0v) is 16.1. The van der Waals surface area contributed by atoms with Crippen LogP contribution in [0.25, 0.3) is 0 Å². The van der Waals surface area contributed by atoms with Crippen LogP contribution in [0.1, 0.15) is 27.8 Å². The number of anilines is 3. The summed E-state index contributed by atoms with van der Waals surface area (Å²) in [6, 6.07) is 17.5. The number of methoxy groups -OCH3 is 1. The molecule has 7 heteroatoms. The summed E-state index contributed by atoms with van der Waals surface area (Å²) in [5.41, 5.74) is 2.41. The first kappa shape index (κ1) is 19.9. The number of esters is 1. The van der Waals surface area contributed by atoms with E-state index < -0.39 is 11.9 Å². The van der Waals surface area contributed by atoms with Crippen molar-refractivity contribution in [3.63, 3.8) is 0 Å². The van der Waals surface area contributed by atoms with E-state index in [9.17, 15) is 9.59 Å². The molecule has 148 valence electrons. The summed E-state index contributed by atoms with van der Waals surface area (Å²) >= 11 is 0. The number of hydrogen-bond donors (Lipinski definition) is 2. The van der Waals surface area contributed by atoms with E-state index in [0.717, 1.165) is 11.4 Å². The Morgan fingerprint density at radius 1 is 1.00 bits per heavy atom. The second-order valence-corrected chi connectivity index (χ2v) is 6.00. The van der Waals surface area contributed by atoms with Crippen molar-refractivity contribution in [2.45, 2.75) is 6.92 Å². The number of para-hydroxylation sites is 1. The molecule has 1 amide bonds. The maximum atomic E-state index is 12.7. The minimum atomic E-state index is -0.494. The van der Waals surface area contributed by atoms with Crippen LogP contribution < -0.4 is 15.4 Å². The lowest BCUT2D eigenvalue weighted by molar-refractivity contribution is 0.0527. The quantitative estimate of drug-likeness (QED) is 0.585. The highest BCUT2D eigenvalue weighted by atomic mass is 16.5. The lowest BCUT2D eigenvalue weighted by Crippen LogP contribution is -2.17. The van der Waals surface area contributed by atoms with Gasteiger partial charge in [-0.2, -0.15) is 0 Å². The Morgan fingerprint density at radius 2 is 1.76 bits per heavy atom. The fourth-order valence-corrected chi connectivity index (χ4v) is 2.64. The van der Waals surface area contributed by atoms with E-state index in [0.29, 0.717) is 11.4 Å². The molecule has 0 aliphatic carbocycles. The van der Waals surface area contributed by atoms with Gasteiger partial charge in [-0.3, -0.25) is 9.78 Å². The zero-order chi connectivity index (χ0) is 20.6. The molecule has 0 saturated carbocycles. The summed E-state index contributed by atoms with van der Waals surface area (Å²) in [5.74, 6) is -0.169. The Morgan fingerprint density at radius 3 is 2.48 bits per heavy atom. The van der Waals surface area contributed by atoms with Gasteiger partial charge in [-0.25, -0.2) is 4.79 Å². The minimum absolute atomic E-state index is 0.210. The molecule has 3 rings (SSSR count). The Labute approximate surface area is 168 Å². The SMILES string of the molecule is CCOC(=O)c1ccccc1NC(=O)c1cc(Nc2ccc(OC)cc2)ccn1.